The van der Waals surface area contributed by atoms with Crippen LogP contribution in [0.25, 0.3) is 0 Å². The number of nitrogens with one attached hydrogen (secondary N) is 1. The van der Waals surface area contributed by atoms with Crippen molar-refractivity contribution in [3.63, 3.8) is 0 Å². The number of aliphatic hydroxyl groups is 1. The highest BCUT2D eigenvalue weighted by Crippen LogP contribution is 2.18. The molecule has 2 aliphatic rings. The summed E-state index contributed by atoms with van der Waals surface area (Å²) in [6, 6.07) is 8.60. The molecule has 2 atom stereocenters. The Kier molecular flexibility index (Phi) is 9.98. The third kappa shape index (κ3) is 6.86. The van der Waals surface area contributed by atoms with E-state index in [4.69, 9.17) is 4.74 Å². The Balaban J connectivity index is 0.00000280. The SMILES string of the molecule is CCNC(=NCC(O)CN1CCc2ccccc2C1)N(C)CC1CCOC1.I. The predicted molar refractivity (Wildman–Crippen MR) is 124 cm³/mol. The summed E-state index contributed by atoms with van der Waals surface area (Å²) in [6.45, 7) is 8.53. The number of hydrogen-bond donors (Lipinski definition) is 2. The van der Waals surface area contributed by atoms with Crippen molar-refractivity contribution < 1.29 is 9.84 Å². The Morgan fingerprint density at radius 1 is 1.39 bits per heavy atom. The van der Waals surface area contributed by atoms with E-state index in [0.717, 1.165) is 58.2 Å². The Bertz CT molecular complexity index is 622. The van der Waals surface area contributed by atoms with Crippen LogP contribution in [-0.2, 0) is 17.7 Å². The first-order chi connectivity index (χ1) is 13.2. The van der Waals surface area contributed by atoms with Gasteiger partial charge in [0.2, 0.25) is 0 Å². The standard InChI is InChI=1S/C21H34N4O2.HI/c1-3-22-21(24(2)13-17-9-11-27-16-17)23-12-20(26)15-25-10-8-18-6-4-5-7-19(18)14-25;/h4-7,17,20,26H,3,8-16H2,1-2H3,(H,22,23);1H. The van der Waals surface area contributed by atoms with Crippen molar-refractivity contribution in [1.82, 2.24) is 15.1 Å². The van der Waals surface area contributed by atoms with Crippen LogP contribution in [0.5, 0.6) is 0 Å². The van der Waals surface area contributed by atoms with E-state index < -0.39 is 6.10 Å². The molecule has 0 radical (unpaired) electrons. The van der Waals surface area contributed by atoms with E-state index in [0.29, 0.717) is 19.0 Å². The summed E-state index contributed by atoms with van der Waals surface area (Å²) >= 11 is 0. The minimum atomic E-state index is -0.452. The quantitative estimate of drug-likeness (QED) is 0.339. The smallest absolute Gasteiger partial charge is 0.193 e. The second kappa shape index (κ2) is 11.9. The van der Waals surface area contributed by atoms with Gasteiger partial charge in [-0.2, -0.15) is 0 Å². The van der Waals surface area contributed by atoms with Gasteiger partial charge in [-0.05, 0) is 30.9 Å². The van der Waals surface area contributed by atoms with E-state index in [1.807, 2.05) is 0 Å². The third-order valence-corrected chi connectivity index (χ3v) is 5.38. The highest BCUT2D eigenvalue weighted by molar-refractivity contribution is 14.0. The lowest BCUT2D eigenvalue weighted by Crippen LogP contribution is -2.42. The molecule has 0 aliphatic carbocycles. The van der Waals surface area contributed by atoms with Gasteiger partial charge in [-0.1, -0.05) is 24.3 Å². The molecule has 6 nitrogen and oxygen atoms in total. The Morgan fingerprint density at radius 2 is 2.18 bits per heavy atom. The zero-order valence-electron chi connectivity index (χ0n) is 17.1. The lowest BCUT2D eigenvalue weighted by atomic mass is 10.00. The fourth-order valence-corrected chi connectivity index (χ4v) is 3.93. The van der Waals surface area contributed by atoms with Crippen molar-refractivity contribution in [1.29, 1.82) is 0 Å². The van der Waals surface area contributed by atoms with Crippen LogP contribution in [0.2, 0.25) is 0 Å². The average molecular weight is 502 g/mol. The van der Waals surface area contributed by atoms with Gasteiger partial charge in [0.05, 0.1) is 19.3 Å². The van der Waals surface area contributed by atoms with Crippen molar-refractivity contribution >= 4 is 29.9 Å². The number of aliphatic hydroxyl groups excluding tert-OH is 1. The highest BCUT2D eigenvalue weighted by atomic mass is 127. The van der Waals surface area contributed by atoms with Gasteiger partial charge in [0.25, 0.3) is 0 Å². The molecule has 0 amide bonds. The molecule has 1 fully saturated rings. The molecule has 2 unspecified atom stereocenters. The molecule has 0 bridgehead atoms. The summed E-state index contributed by atoms with van der Waals surface area (Å²) in [7, 11) is 2.06. The zero-order valence-corrected chi connectivity index (χ0v) is 19.5. The monoisotopic (exact) mass is 502 g/mol. The predicted octanol–water partition coefficient (Wildman–Crippen LogP) is 1.96. The van der Waals surface area contributed by atoms with Gasteiger partial charge in [0.15, 0.2) is 5.96 Å². The van der Waals surface area contributed by atoms with E-state index in [2.05, 4.69) is 58.3 Å². The molecule has 7 heteroatoms. The number of ether oxygens (including phenoxy) is 1. The molecular formula is C21H35IN4O2. The first-order valence-corrected chi connectivity index (χ1v) is 10.2. The van der Waals surface area contributed by atoms with Crippen LogP contribution >= 0.6 is 24.0 Å². The van der Waals surface area contributed by atoms with Crippen LogP contribution in [0.1, 0.15) is 24.5 Å². The zero-order chi connectivity index (χ0) is 19.1. The van der Waals surface area contributed by atoms with Crippen LogP contribution in [0.3, 0.4) is 0 Å². The molecule has 28 heavy (non-hydrogen) atoms. The van der Waals surface area contributed by atoms with Crippen molar-refractivity contribution in [2.24, 2.45) is 10.9 Å². The average Bonchev–Trinajstić information content (AvgIpc) is 3.18. The van der Waals surface area contributed by atoms with E-state index in [-0.39, 0.29) is 24.0 Å². The maximum atomic E-state index is 10.5. The molecule has 1 aromatic rings. The van der Waals surface area contributed by atoms with Crippen LogP contribution in [-0.4, -0.2) is 80.0 Å². The van der Waals surface area contributed by atoms with Crippen LogP contribution in [0.4, 0.5) is 0 Å². The fourth-order valence-electron chi connectivity index (χ4n) is 3.93. The van der Waals surface area contributed by atoms with E-state index in [9.17, 15) is 5.11 Å². The van der Waals surface area contributed by atoms with Gasteiger partial charge < -0.3 is 20.1 Å². The Hall–Kier alpha value is -0.900. The molecule has 2 heterocycles. The summed E-state index contributed by atoms with van der Waals surface area (Å²) in [5.74, 6) is 1.43. The number of rotatable bonds is 7. The topological polar surface area (TPSA) is 60.3 Å². The molecule has 0 saturated carbocycles. The van der Waals surface area contributed by atoms with Crippen molar-refractivity contribution in [2.75, 3.05) is 53.0 Å². The molecule has 2 N–H and O–H groups in total. The molecule has 0 aromatic heterocycles. The lowest BCUT2D eigenvalue weighted by Gasteiger charge is -2.30. The normalized spacial score (nSPS) is 21.0. The number of halogens is 1. The van der Waals surface area contributed by atoms with Gasteiger partial charge in [-0.15, -0.1) is 24.0 Å². The van der Waals surface area contributed by atoms with Gasteiger partial charge >= 0.3 is 0 Å². The van der Waals surface area contributed by atoms with E-state index in [1.165, 1.54) is 11.1 Å². The molecule has 3 rings (SSSR count). The first kappa shape index (κ1) is 23.4. The summed E-state index contributed by atoms with van der Waals surface area (Å²) in [6.07, 6.45) is 1.72. The minimum Gasteiger partial charge on any atom is -0.390 e. The molecule has 158 valence electrons. The van der Waals surface area contributed by atoms with E-state index in [1.54, 1.807) is 0 Å². The lowest BCUT2D eigenvalue weighted by molar-refractivity contribution is 0.111. The summed E-state index contributed by atoms with van der Waals surface area (Å²) in [5, 5.41) is 13.9. The van der Waals surface area contributed by atoms with Crippen LogP contribution in [0, 0.1) is 5.92 Å². The summed E-state index contributed by atoms with van der Waals surface area (Å²) in [5.41, 5.74) is 2.82. The molecule has 2 aliphatic heterocycles. The number of fused-ring (bicyclic) bond motifs is 1. The first-order valence-electron chi connectivity index (χ1n) is 10.2. The Labute approximate surface area is 186 Å². The number of guanidine groups is 1. The van der Waals surface area contributed by atoms with Crippen LogP contribution in [0.15, 0.2) is 29.3 Å². The highest BCUT2D eigenvalue weighted by Gasteiger charge is 2.20. The van der Waals surface area contributed by atoms with Gasteiger partial charge in [-0.25, -0.2) is 0 Å². The van der Waals surface area contributed by atoms with Crippen molar-refractivity contribution in [3.8, 4) is 0 Å². The van der Waals surface area contributed by atoms with E-state index >= 15 is 0 Å². The van der Waals surface area contributed by atoms with Gasteiger partial charge in [-0.3, -0.25) is 9.89 Å². The molecule has 1 saturated heterocycles. The van der Waals surface area contributed by atoms with Gasteiger partial charge in [0, 0.05) is 52.3 Å². The second-order valence-electron chi connectivity index (χ2n) is 7.71. The third-order valence-electron chi connectivity index (χ3n) is 5.38. The maximum absolute atomic E-state index is 10.5. The van der Waals surface area contributed by atoms with Crippen LogP contribution < -0.4 is 5.32 Å². The Morgan fingerprint density at radius 3 is 2.89 bits per heavy atom. The minimum absolute atomic E-state index is 0. The number of hydrogen-bond acceptors (Lipinski definition) is 4. The number of benzene rings is 1. The summed E-state index contributed by atoms with van der Waals surface area (Å²) < 4.78 is 5.47. The van der Waals surface area contributed by atoms with Crippen molar-refractivity contribution in [2.45, 2.75) is 32.4 Å². The molecular weight excluding hydrogens is 467 g/mol. The van der Waals surface area contributed by atoms with Gasteiger partial charge in [0.1, 0.15) is 0 Å². The maximum Gasteiger partial charge on any atom is 0.193 e. The molecule has 0 spiro atoms. The number of β-amino-alcohol motifs (C(OH)–C–C–N with tert-alkyl or cyclic N) is 1. The number of nitrogens with zero attached hydrogens (tertiary/aromatic N) is 3. The summed E-state index contributed by atoms with van der Waals surface area (Å²) in [4.78, 5) is 9.17. The second-order valence-corrected chi connectivity index (χ2v) is 7.71. The number of aliphatic imine (C=N–C) groups is 1. The fraction of sp³-hybridized carbons (Fsp3) is 0.667. The van der Waals surface area contributed by atoms with Crippen molar-refractivity contribution in [3.05, 3.63) is 35.4 Å². The largest absolute Gasteiger partial charge is 0.390 e. The molecule has 1 aromatic carbocycles.